The number of ether oxygens (including phenoxy) is 1. The Hall–Kier alpha value is -2.38. The molecule has 0 N–H and O–H groups in total. The van der Waals surface area contributed by atoms with Crippen molar-refractivity contribution in [3.8, 4) is 17.0 Å². The number of nitrogens with zero attached hydrogens (tertiary/aromatic N) is 4. The van der Waals surface area contributed by atoms with Gasteiger partial charge in [-0.15, -0.1) is 5.10 Å². The zero-order valence-corrected chi connectivity index (χ0v) is 17.3. The van der Waals surface area contributed by atoms with Crippen LogP contribution in [0.5, 0.6) is 5.75 Å². The van der Waals surface area contributed by atoms with Gasteiger partial charge < -0.3 is 4.74 Å². The first kappa shape index (κ1) is 18.0. The number of fused-ring (bicyclic) bond motifs is 1. The fourth-order valence-electron chi connectivity index (χ4n) is 2.75. The number of halogens is 1. The van der Waals surface area contributed by atoms with Crippen molar-refractivity contribution in [2.75, 3.05) is 7.11 Å². The number of hydrogen-bond acceptors (Lipinski definition) is 5. The summed E-state index contributed by atoms with van der Waals surface area (Å²) < 4.78 is 8.22. The SMILES string of the molecule is COc1cccc(-c2cc(C)nc3nc(SCc4ccc(Br)cc4)nn23)c1. The third kappa shape index (κ3) is 3.99. The van der Waals surface area contributed by atoms with Crippen LogP contribution in [0.1, 0.15) is 11.3 Å². The average molecular weight is 441 g/mol. The molecule has 0 radical (unpaired) electrons. The van der Waals surface area contributed by atoms with Gasteiger partial charge in [0.25, 0.3) is 5.78 Å². The summed E-state index contributed by atoms with van der Waals surface area (Å²) in [5.74, 6) is 2.21. The van der Waals surface area contributed by atoms with E-state index in [1.165, 1.54) is 5.56 Å². The molecule has 0 saturated heterocycles. The van der Waals surface area contributed by atoms with Crippen LogP contribution in [0.15, 0.2) is 64.2 Å². The minimum absolute atomic E-state index is 0.603. The Balaban J connectivity index is 1.68. The summed E-state index contributed by atoms with van der Waals surface area (Å²) in [6.07, 6.45) is 0. The highest BCUT2D eigenvalue weighted by atomic mass is 79.9. The molecule has 0 spiro atoms. The normalized spacial score (nSPS) is 11.1. The first-order chi connectivity index (χ1) is 13.1. The van der Waals surface area contributed by atoms with Crippen molar-refractivity contribution in [2.45, 2.75) is 17.8 Å². The second-order valence-electron chi connectivity index (χ2n) is 6.04. The summed E-state index contributed by atoms with van der Waals surface area (Å²) in [6, 6.07) is 18.2. The first-order valence-corrected chi connectivity index (χ1v) is 10.2. The van der Waals surface area contributed by atoms with Crippen LogP contribution in [-0.2, 0) is 5.75 Å². The van der Waals surface area contributed by atoms with E-state index in [1.807, 2.05) is 49.4 Å². The number of thioether (sulfide) groups is 1. The molecule has 0 saturated carbocycles. The minimum atomic E-state index is 0.603. The molecule has 0 atom stereocenters. The van der Waals surface area contributed by atoms with E-state index in [0.29, 0.717) is 10.9 Å². The number of aromatic nitrogens is 4. The van der Waals surface area contributed by atoms with Gasteiger partial charge in [0.15, 0.2) is 0 Å². The highest BCUT2D eigenvalue weighted by Gasteiger charge is 2.12. The number of benzene rings is 2. The van der Waals surface area contributed by atoms with Crippen molar-refractivity contribution >= 4 is 33.5 Å². The van der Waals surface area contributed by atoms with Gasteiger partial charge in [-0.3, -0.25) is 0 Å². The Bertz CT molecular complexity index is 1100. The van der Waals surface area contributed by atoms with E-state index in [-0.39, 0.29) is 0 Å². The van der Waals surface area contributed by atoms with E-state index < -0.39 is 0 Å². The van der Waals surface area contributed by atoms with Crippen molar-refractivity contribution in [2.24, 2.45) is 0 Å². The highest BCUT2D eigenvalue weighted by molar-refractivity contribution is 9.10. The molecule has 0 fully saturated rings. The largest absolute Gasteiger partial charge is 0.497 e. The molecule has 0 bridgehead atoms. The van der Waals surface area contributed by atoms with Crippen LogP contribution >= 0.6 is 27.7 Å². The summed E-state index contributed by atoms with van der Waals surface area (Å²) in [6.45, 7) is 1.97. The van der Waals surface area contributed by atoms with Gasteiger partial charge in [0.05, 0.1) is 12.8 Å². The molecule has 4 rings (SSSR count). The van der Waals surface area contributed by atoms with Gasteiger partial charge in [0.2, 0.25) is 5.16 Å². The van der Waals surface area contributed by atoms with Crippen molar-refractivity contribution in [3.05, 3.63) is 70.3 Å². The molecule has 2 aromatic carbocycles. The fourth-order valence-corrected chi connectivity index (χ4v) is 3.78. The Morgan fingerprint density at radius 1 is 1.07 bits per heavy atom. The molecule has 136 valence electrons. The molecule has 4 aromatic rings. The smallest absolute Gasteiger partial charge is 0.253 e. The lowest BCUT2D eigenvalue weighted by atomic mass is 10.1. The van der Waals surface area contributed by atoms with Crippen molar-refractivity contribution in [1.82, 2.24) is 19.6 Å². The number of methoxy groups -OCH3 is 1. The van der Waals surface area contributed by atoms with E-state index in [1.54, 1.807) is 23.4 Å². The molecule has 7 heteroatoms. The topological polar surface area (TPSA) is 52.3 Å². The van der Waals surface area contributed by atoms with E-state index in [9.17, 15) is 0 Å². The van der Waals surface area contributed by atoms with E-state index in [2.05, 4.69) is 43.1 Å². The van der Waals surface area contributed by atoms with Gasteiger partial charge in [-0.05, 0) is 42.8 Å². The Kier molecular flexibility index (Phi) is 5.13. The summed E-state index contributed by atoms with van der Waals surface area (Å²) in [5, 5.41) is 5.38. The standard InChI is InChI=1S/C20H17BrN4OS/c1-13-10-18(15-4-3-5-17(11-15)26-2)25-19(22-13)23-20(24-25)27-12-14-6-8-16(21)9-7-14/h3-11H,12H2,1-2H3. The summed E-state index contributed by atoms with van der Waals surface area (Å²) in [7, 11) is 1.67. The second-order valence-corrected chi connectivity index (χ2v) is 7.89. The van der Waals surface area contributed by atoms with Gasteiger partial charge >= 0.3 is 0 Å². The maximum atomic E-state index is 5.35. The number of hydrogen-bond donors (Lipinski definition) is 0. The molecule has 5 nitrogen and oxygen atoms in total. The Labute approximate surface area is 169 Å². The van der Waals surface area contributed by atoms with Crippen LogP contribution in [0.4, 0.5) is 0 Å². The highest BCUT2D eigenvalue weighted by Crippen LogP contribution is 2.27. The minimum Gasteiger partial charge on any atom is -0.497 e. The fraction of sp³-hybridized carbons (Fsp3) is 0.150. The lowest BCUT2D eigenvalue weighted by molar-refractivity contribution is 0.415. The third-order valence-corrected chi connectivity index (χ3v) is 5.50. The van der Waals surface area contributed by atoms with Crippen LogP contribution in [0.3, 0.4) is 0 Å². The van der Waals surface area contributed by atoms with Crippen LogP contribution in [0, 0.1) is 6.92 Å². The summed E-state index contributed by atoms with van der Waals surface area (Å²) in [5.41, 5.74) is 4.08. The number of aryl methyl sites for hydroxylation is 1. The monoisotopic (exact) mass is 440 g/mol. The maximum absolute atomic E-state index is 5.35. The molecule has 2 heterocycles. The average Bonchev–Trinajstić information content (AvgIpc) is 3.09. The molecule has 0 aliphatic heterocycles. The Morgan fingerprint density at radius 3 is 2.67 bits per heavy atom. The molecule has 2 aromatic heterocycles. The maximum Gasteiger partial charge on any atom is 0.253 e. The zero-order chi connectivity index (χ0) is 18.8. The van der Waals surface area contributed by atoms with Crippen molar-refractivity contribution < 1.29 is 4.74 Å². The lowest BCUT2D eigenvalue weighted by Gasteiger charge is -2.07. The molecule has 27 heavy (non-hydrogen) atoms. The van der Waals surface area contributed by atoms with Gasteiger partial charge in [-0.2, -0.15) is 9.50 Å². The van der Waals surface area contributed by atoms with E-state index in [0.717, 1.165) is 32.9 Å². The lowest BCUT2D eigenvalue weighted by Crippen LogP contribution is -1.98. The summed E-state index contributed by atoms with van der Waals surface area (Å²) >= 11 is 5.06. The molecule has 0 unspecified atom stereocenters. The molecule has 0 aliphatic rings. The molecule has 0 aliphatic carbocycles. The van der Waals surface area contributed by atoms with Gasteiger partial charge in [0, 0.05) is 21.5 Å². The van der Waals surface area contributed by atoms with Gasteiger partial charge in [-0.25, -0.2) is 4.98 Å². The van der Waals surface area contributed by atoms with Crippen LogP contribution in [0.2, 0.25) is 0 Å². The molecule has 0 amide bonds. The van der Waals surface area contributed by atoms with Crippen LogP contribution < -0.4 is 4.74 Å². The van der Waals surface area contributed by atoms with Crippen LogP contribution in [0.25, 0.3) is 17.0 Å². The van der Waals surface area contributed by atoms with E-state index >= 15 is 0 Å². The predicted molar refractivity (Wildman–Crippen MR) is 111 cm³/mol. The van der Waals surface area contributed by atoms with E-state index in [4.69, 9.17) is 4.74 Å². The first-order valence-electron chi connectivity index (χ1n) is 8.38. The van der Waals surface area contributed by atoms with Gasteiger partial charge in [-0.1, -0.05) is 52.0 Å². The zero-order valence-electron chi connectivity index (χ0n) is 14.9. The summed E-state index contributed by atoms with van der Waals surface area (Å²) in [4.78, 5) is 9.13. The van der Waals surface area contributed by atoms with Crippen molar-refractivity contribution in [3.63, 3.8) is 0 Å². The van der Waals surface area contributed by atoms with Crippen molar-refractivity contribution in [1.29, 1.82) is 0 Å². The second kappa shape index (κ2) is 7.70. The predicted octanol–water partition coefficient (Wildman–Crippen LogP) is 5.16. The Morgan fingerprint density at radius 2 is 1.89 bits per heavy atom. The quantitative estimate of drug-likeness (QED) is 0.401. The number of rotatable bonds is 5. The molecular weight excluding hydrogens is 424 g/mol. The third-order valence-electron chi connectivity index (χ3n) is 4.07. The van der Waals surface area contributed by atoms with Gasteiger partial charge in [0.1, 0.15) is 5.75 Å². The molecular formula is C20H17BrN4OS. The van der Waals surface area contributed by atoms with Crippen LogP contribution in [-0.4, -0.2) is 26.7 Å².